The van der Waals surface area contributed by atoms with Crippen molar-refractivity contribution < 1.29 is 14.4 Å². The molecule has 3 aromatic rings. The van der Waals surface area contributed by atoms with E-state index >= 15 is 0 Å². The molecule has 0 aromatic heterocycles. The second-order valence-corrected chi connectivity index (χ2v) is 8.16. The standard InChI is InChI=1S/C27H25NO3/c1-4-17(2)21-9-5-19(6-10-21)15-20-7-12-23(13-8-20)28-26(30)24-14-11-22(18(3)29)16-25(24)27(28)31/h5-14,16-17H,4,15H2,1-3H3. The molecule has 0 N–H and O–H groups in total. The molecule has 0 fully saturated rings. The molecule has 0 bridgehead atoms. The van der Waals surface area contributed by atoms with Gasteiger partial charge in [-0.25, -0.2) is 4.90 Å². The fourth-order valence-corrected chi connectivity index (χ4v) is 3.89. The first-order chi connectivity index (χ1) is 14.9. The Hall–Kier alpha value is -3.53. The topological polar surface area (TPSA) is 54.5 Å². The molecule has 4 rings (SSSR count). The lowest BCUT2D eigenvalue weighted by atomic mass is 9.96. The van der Waals surface area contributed by atoms with Gasteiger partial charge >= 0.3 is 0 Å². The maximum atomic E-state index is 12.9. The van der Waals surface area contributed by atoms with Crippen molar-refractivity contribution in [1.29, 1.82) is 0 Å². The van der Waals surface area contributed by atoms with Crippen LogP contribution >= 0.6 is 0 Å². The molecular formula is C27H25NO3. The van der Waals surface area contributed by atoms with E-state index in [-0.39, 0.29) is 17.3 Å². The quantitative estimate of drug-likeness (QED) is 0.381. The van der Waals surface area contributed by atoms with Gasteiger partial charge in [0, 0.05) is 5.56 Å². The molecule has 31 heavy (non-hydrogen) atoms. The molecule has 156 valence electrons. The predicted molar refractivity (Wildman–Crippen MR) is 122 cm³/mol. The molecule has 2 amide bonds. The van der Waals surface area contributed by atoms with Crippen LogP contribution in [-0.4, -0.2) is 17.6 Å². The number of benzene rings is 3. The summed E-state index contributed by atoms with van der Waals surface area (Å²) in [6.45, 7) is 5.86. The van der Waals surface area contributed by atoms with Crippen LogP contribution in [0.4, 0.5) is 5.69 Å². The highest BCUT2D eigenvalue weighted by molar-refractivity contribution is 6.34. The third-order valence-electron chi connectivity index (χ3n) is 6.06. The number of ketones is 1. The van der Waals surface area contributed by atoms with Crippen molar-refractivity contribution in [3.05, 3.63) is 100 Å². The number of carbonyl (C=O) groups excluding carboxylic acids is 3. The molecule has 4 nitrogen and oxygen atoms in total. The van der Waals surface area contributed by atoms with E-state index in [1.807, 2.05) is 12.1 Å². The number of fused-ring (bicyclic) bond motifs is 1. The van der Waals surface area contributed by atoms with Crippen molar-refractivity contribution in [2.75, 3.05) is 4.90 Å². The van der Waals surface area contributed by atoms with Gasteiger partial charge in [0.25, 0.3) is 11.8 Å². The third kappa shape index (κ3) is 3.93. The molecule has 1 atom stereocenters. The van der Waals surface area contributed by atoms with Gasteiger partial charge in [0.1, 0.15) is 0 Å². The zero-order chi connectivity index (χ0) is 22.1. The Bertz CT molecular complexity index is 1160. The molecule has 4 heteroatoms. The number of imide groups is 1. The summed E-state index contributed by atoms with van der Waals surface area (Å²) in [5.41, 5.74) is 5.25. The van der Waals surface area contributed by atoms with E-state index in [1.54, 1.807) is 24.3 Å². The third-order valence-corrected chi connectivity index (χ3v) is 6.06. The van der Waals surface area contributed by atoms with Gasteiger partial charge < -0.3 is 0 Å². The Kier molecular flexibility index (Phi) is 5.55. The predicted octanol–water partition coefficient (Wildman–Crippen LogP) is 5.79. The van der Waals surface area contributed by atoms with Crippen molar-refractivity contribution in [1.82, 2.24) is 0 Å². The minimum Gasteiger partial charge on any atom is -0.295 e. The van der Waals surface area contributed by atoms with E-state index in [1.165, 1.54) is 29.0 Å². The lowest BCUT2D eigenvalue weighted by Crippen LogP contribution is -2.29. The van der Waals surface area contributed by atoms with E-state index in [2.05, 4.69) is 38.1 Å². The van der Waals surface area contributed by atoms with Crippen molar-refractivity contribution in [2.45, 2.75) is 39.5 Å². The highest BCUT2D eigenvalue weighted by Crippen LogP contribution is 2.30. The normalized spacial score (nSPS) is 14.0. The van der Waals surface area contributed by atoms with Crippen LogP contribution in [-0.2, 0) is 6.42 Å². The Morgan fingerprint density at radius 2 is 1.42 bits per heavy atom. The summed E-state index contributed by atoms with van der Waals surface area (Å²) < 4.78 is 0. The van der Waals surface area contributed by atoms with Gasteiger partial charge in [-0.15, -0.1) is 0 Å². The molecule has 1 heterocycles. The van der Waals surface area contributed by atoms with Crippen LogP contribution in [0.2, 0.25) is 0 Å². The van der Waals surface area contributed by atoms with Crippen molar-refractivity contribution in [2.24, 2.45) is 0 Å². The summed E-state index contributed by atoms with van der Waals surface area (Å²) in [5.74, 6) is -0.331. The van der Waals surface area contributed by atoms with Crippen molar-refractivity contribution >= 4 is 23.3 Å². The molecule has 0 saturated heterocycles. The Balaban J connectivity index is 1.52. The fourth-order valence-electron chi connectivity index (χ4n) is 3.89. The first-order valence-corrected chi connectivity index (χ1v) is 10.6. The zero-order valence-corrected chi connectivity index (χ0v) is 18.0. The number of nitrogens with zero attached hydrogens (tertiary/aromatic N) is 1. The highest BCUT2D eigenvalue weighted by atomic mass is 16.2. The molecule has 1 aliphatic heterocycles. The average Bonchev–Trinajstić information content (AvgIpc) is 3.04. The van der Waals surface area contributed by atoms with Crippen LogP contribution in [0.15, 0.2) is 66.7 Å². The summed E-state index contributed by atoms with van der Waals surface area (Å²) in [4.78, 5) is 38.5. The SMILES string of the molecule is CCC(C)c1ccc(Cc2ccc(N3C(=O)c4ccc(C(C)=O)cc4C3=O)cc2)cc1. The van der Waals surface area contributed by atoms with E-state index in [0.717, 1.165) is 18.4 Å². The molecule has 1 unspecified atom stereocenters. The molecule has 0 radical (unpaired) electrons. The van der Waals surface area contributed by atoms with Crippen LogP contribution in [0, 0.1) is 0 Å². The van der Waals surface area contributed by atoms with Crippen molar-refractivity contribution in [3.8, 4) is 0 Å². The van der Waals surface area contributed by atoms with Gasteiger partial charge in [-0.2, -0.15) is 0 Å². The van der Waals surface area contributed by atoms with Gasteiger partial charge in [0.2, 0.25) is 0 Å². The number of carbonyl (C=O) groups is 3. The average molecular weight is 412 g/mol. The lowest BCUT2D eigenvalue weighted by Gasteiger charge is -2.14. The van der Waals surface area contributed by atoms with Crippen LogP contribution in [0.1, 0.15) is 80.9 Å². The largest absolute Gasteiger partial charge is 0.295 e. The molecule has 0 saturated carbocycles. The Morgan fingerprint density at radius 1 is 0.839 bits per heavy atom. The van der Waals surface area contributed by atoms with E-state index in [4.69, 9.17) is 0 Å². The Morgan fingerprint density at radius 3 is 2.00 bits per heavy atom. The van der Waals surface area contributed by atoms with E-state index < -0.39 is 5.91 Å². The van der Waals surface area contributed by atoms with Gasteiger partial charge in [-0.05, 0) is 66.6 Å². The smallest absolute Gasteiger partial charge is 0.266 e. The lowest BCUT2D eigenvalue weighted by molar-refractivity contribution is 0.0925. The maximum absolute atomic E-state index is 12.9. The highest BCUT2D eigenvalue weighted by Gasteiger charge is 2.36. The molecule has 0 spiro atoms. The first kappa shape index (κ1) is 20.7. The maximum Gasteiger partial charge on any atom is 0.266 e. The van der Waals surface area contributed by atoms with E-state index in [0.29, 0.717) is 22.7 Å². The molecule has 0 aliphatic carbocycles. The van der Waals surface area contributed by atoms with Gasteiger partial charge in [0.05, 0.1) is 16.8 Å². The first-order valence-electron chi connectivity index (χ1n) is 10.6. The summed E-state index contributed by atoms with van der Waals surface area (Å²) in [6.07, 6.45) is 1.90. The molecule has 1 aliphatic rings. The van der Waals surface area contributed by atoms with Gasteiger partial charge in [-0.3, -0.25) is 14.4 Å². The van der Waals surface area contributed by atoms with Crippen molar-refractivity contribution in [3.63, 3.8) is 0 Å². The molecule has 3 aromatic carbocycles. The Labute approximate surface area is 182 Å². The second kappa shape index (κ2) is 8.31. The van der Waals surface area contributed by atoms with Crippen LogP contribution in [0.3, 0.4) is 0 Å². The minimum absolute atomic E-state index is 0.136. The summed E-state index contributed by atoms with van der Waals surface area (Å²) in [7, 11) is 0. The van der Waals surface area contributed by atoms with Crippen LogP contribution < -0.4 is 4.90 Å². The van der Waals surface area contributed by atoms with Crippen LogP contribution in [0.25, 0.3) is 0 Å². The van der Waals surface area contributed by atoms with Gasteiger partial charge in [-0.1, -0.05) is 56.3 Å². The van der Waals surface area contributed by atoms with Crippen LogP contribution in [0.5, 0.6) is 0 Å². The van der Waals surface area contributed by atoms with Gasteiger partial charge in [0.15, 0.2) is 5.78 Å². The molecular weight excluding hydrogens is 386 g/mol. The minimum atomic E-state index is -0.392. The fraction of sp³-hybridized carbons (Fsp3) is 0.222. The zero-order valence-electron chi connectivity index (χ0n) is 18.0. The number of rotatable bonds is 6. The number of hydrogen-bond donors (Lipinski definition) is 0. The van der Waals surface area contributed by atoms with E-state index in [9.17, 15) is 14.4 Å². The summed E-state index contributed by atoms with van der Waals surface area (Å²) in [6, 6.07) is 20.8. The summed E-state index contributed by atoms with van der Waals surface area (Å²) >= 11 is 0. The number of amides is 2. The summed E-state index contributed by atoms with van der Waals surface area (Å²) in [5, 5.41) is 0. The second-order valence-electron chi connectivity index (χ2n) is 8.16. The number of Topliss-reactive ketones (excluding diaryl/α,β-unsaturated/α-hetero) is 1. The number of anilines is 1. The monoisotopic (exact) mass is 411 g/mol. The number of hydrogen-bond acceptors (Lipinski definition) is 3.